The zero-order valence-electron chi connectivity index (χ0n) is 25.6. The van der Waals surface area contributed by atoms with Gasteiger partial charge in [0.15, 0.2) is 0 Å². The van der Waals surface area contributed by atoms with E-state index in [1.165, 1.54) is 81.0 Å². The van der Waals surface area contributed by atoms with Crippen molar-refractivity contribution in [2.45, 2.75) is 39.5 Å². The Morgan fingerprint density at radius 1 is 0.500 bits per heavy atom. The van der Waals surface area contributed by atoms with Crippen molar-refractivity contribution in [3.8, 4) is 27.9 Å². The minimum Gasteiger partial charge on any atom is -0.309 e. The van der Waals surface area contributed by atoms with Gasteiger partial charge in [-0.25, -0.2) is 0 Å². The van der Waals surface area contributed by atoms with E-state index in [9.17, 15) is 0 Å². The number of fused-ring (bicyclic) bond motifs is 6. The highest BCUT2D eigenvalue weighted by molar-refractivity contribution is 7.25. The average Bonchev–Trinajstić information content (AvgIpc) is 3.59. The number of para-hydroxylation sites is 1. The van der Waals surface area contributed by atoms with Crippen LogP contribution in [0.15, 0.2) is 127 Å². The Kier molecular flexibility index (Phi) is 6.43. The molecule has 1 nitrogen and oxygen atoms in total. The molecule has 0 aliphatic heterocycles. The molecule has 0 radical (unpaired) electrons. The van der Waals surface area contributed by atoms with E-state index in [1.54, 1.807) is 0 Å². The van der Waals surface area contributed by atoms with Gasteiger partial charge in [0.05, 0.1) is 16.7 Å². The summed E-state index contributed by atoms with van der Waals surface area (Å²) in [6.45, 7) is 9.17. The Labute approximate surface area is 263 Å². The topological polar surface area (TPSA) is 4.93 Å². The zero-order valence-corrected chi connectivity index (χ0v) is 26.5. The second kappa shape index (κ2) is 10.5. The average molecular weight is 586 g/mol. The van der Waals surface area contributed by atoms with Crippen LogP contribution in [0.5, 0.6) is 0 Å². The number of hydrogen-bond donors (Lipinski definition) is 0. The maximum absolute atomic E-state index is 2.49. The number of rotatable bonds is 5. The summed E-state index contributed by atoms with van der Waals surface area (Å²) in [5.74, 6) is 0.920. The quantitative estimate of drug-likeness (QED) is 0.189. The molecule has 214 valence electrons. The monoisotopic (exact) mass is 585 g/mol. The van der Waals surface area contributed by atoms with Crippen LogP contribution in [-0.4, -0.2) is 4.57 Å². The van der Waals surface area contributed by atoms with Crippen molar-refractivity contribution in [3.63, 3.8) is 0 Å². The summed E-state index contributed by atoms with van der Waals surface area (Å²) in [6.07, 6.45) is 0. The lowest BCUT2D eigenvalue weighted by Crippen LogP contribution is -1.98. The molecule has 2 heterocycles. The second-order valence-electron chi connectivity index (χ2n) is 12.6. The van der Waals surface area contributed by atoms with E-state index in [4.69, 9.17) is 0 Å². The van der Waals surface area contributed by atoms with Crippen LogP contribution in [0.3, 0.4) is 0 Å². The lowest BCUT2D eigenvalue weighted by Gasteiger charge is -2.15. The highest BCUT2D eigenvalue weighted by Gasteiger charge is 2.19. The summed E-state index contributed by atoms with van der Waals surface area (Å²) in [5, 5.41) is 5.40. The van der Waals surface area contributed by atoms with Crippen LogP contribution < -0.4 is 0 Å². The van der Waals surface area contributed by atoms with Gasteiger partial charge in [0.1, 0.15) is 0 Å². The van der Waals surface area contributed by atoms with Crippen LogP contribution in [0.1, 0.15) is 50.7 Å². The summed E-state index contributed by atoms with van der Waals surface area (Å²) in [6, 6.07) is 47.5. The van der Waals surface area contributed by atoms with E-state index in [0.29, 0.717) is 11.8 Å². The van der Waals surface area contributed by atoms with E-state index in [-0.39, 0.29) is 0 Å². The molecule has 0 fully saturated rings. The number of thiophene rings is 1. The Morgan fingerprint density at radius 3 is 2.05 bits per heavy atom. The number of hydrogen-bond acceptors (Lipinski definition) is 1. The molecule has 0 aliphatic rings. The molecule has 44 heavy (non-hydrogen) atoms. The first-order valence-corrected chi connectivity index (χ1v) is 16.5. The van der Waals surface area contributed by atoms with Crippen molar-refractivity contribution in [2.24, 2.45) is 0 Å². The zero-order chi connectivity index (χ0) is 29.9. The normalized spacial score (nSPS) is 12.0. The molecule has 0 bridgehead atoms. The minimum atomic E-state index is 0.439. The van der Waals surface area contributed by atoms with Crippen molar-refractivity contribution in [1.29, 1.82) is 0 Å². The van der Waals surface area contributed by atoms with Gasteiger partial charge >= 0.3 is 0 Å². The van der Waals surface area contributed by atoms with Gasteiger partial charge in [-0.15, -0.1) is 11.3 Å². The molecule has 8 aromatic rings. The van der Waals surface area contributed by atoms with E-state index < -0.39 is 0 Å². The molecule has 8 rings (SSSR count). The molecule has 0 amide bonds. The van der Waals surface area contributed by atoms with Gasteiger partial charge in [-0.1, -0.05) is 113 Å². The summed E-state index contributed by atoms with van der Waals surface area (Å²) >= 11 is 1.87. The van der Waals surface area contributed by atoms with Crippen LogP contribution >= 0.6 is 11.3 Å². The predicted octanol–water partition coefficient (Wildman–Crippen LogP) is 12.7. The molecule has 6 aromatic carbocycles. The van der Waals surface area contributed by atoms with Gasteiger partial charge in [0, 0.05) is 36.5 Å². The Bertz CT molecular complexity index is 2330. The van der Waals surface area contributed by atoms with Crippen LogP contribution in [-0.2, 0) is 0 Å². The van der Waals surface area contributed by atoms with E-state index in [2.05, 4.69) is 160 Å². The fraction of sp³-hybridized carbons (Fsp3) is 0.143. The second-order valence-corrected chi connectivity index (χ2v) is 13.7. The third kappa shape index (κ3) is 4.28. The van der Waals surface area contributed by atoms with Crippen molar-refractivity contribution in [3.05, 3.63) is 139 Å². The largest absolute Gasteiger partial charge is 0.309 e. The fourth-order valence-electron chi connectivity index (χ4n) is 6.88. The molecule has 2 aromatic heterocycles. The molecule has 0 saturated heterocycles. The first-order chi connectivity index (χ1) is 21.5. The molecular formula is C42H35NS. The van der Waals surface area contributed by atoms with Crippen molar-refractivity contribution in [2.75, 3.05) is 0 Å². The summed E-state index contributed by atoms with van der Waals surface area (Å²) < 4.78 is 5.17. The first kappa shape index (κ1) is 26.9. The number of aromatic nitrogens is 1. The van der Waals surface area contributed by atoms with Gasteiger partial charge in [0.25, 0.3) is 0 Å². The third-order valence-corrected chi connectivity index (χ3v) is 10.3. The van der Waals surface area contributed by atoms with Crippen LogP contribution in [0, 0.1) is 0 Å². The fourth-order valence-corrected chi connectivity index (χ4v) is 7.96. The lowest BCUT2D eigenvalue weighted by molar-refractivity contribution is 0.868. The minimum absolute atomic E-state index is 0.439. The molecule has 0 saturated carbocycles. The molecule has 0 unspecified atom stereocenters. The van der Waals surface area contributed by atoms with Gasteiger partial charge in [-0.2, -0.15) is 0 Å². The van der Waals surface area contributed by atoms with Crippen LogP contribution in [0.25, 0.3) is 69.9 Å². The van der Waals surface area contributed by atoms with Crippen LogP contribution in [0.2, 0.25) is 0 Å². The van der Waals surface area contributed by atoms with E-state index in [1.807, 2.05) is 11.3 Å². The molecule has 2 heteroatoms. The molecule has 0 atom stereocenters. The van der Waals surface area contributed by atoms with Gasteiger partial charge < -0.3 is 4.57 Å². The van der Waals surface area contributed by atoms with Crippen molar-refractivity contribution >= 4 is 53.3 Å². The smallest absolute Gasteiger partial charge is 0.0544 e. The third-order valence-electron chi connectivity index (χ3n) is 9.19. The van der Waals surface area contributed by atoms with Gasteiger partial charge in [0.2, 0.25) is 0 Å². The highest BCUT2D eigenvalue weighted by atomic mass is 32.1. The standard InChI is InChI=1S/C42H35NS/c1-26(2)30-20-22-38-36(24-30)42-32(27(3)4)12-9-14-39(42)43(38)37-13-7-5-10-33(37)29-18-16-28(17-19-29)31-21-23-41-35(25-31)34-11-6-8-15-40(34)44-41/h5-27H,1-4H3. The van der Waals surface area contributed by atoms with Crippen molar-refractivity contribution in [1.82, 2.24) is 4.57 Å². The summed E-state index contributed by atoms with van der Waals surface area (Å²) in [4.78, 5) is 0. The Balaban J connectivity index is 1.28. The predicted molar refractivity (Wildman–Crippen MR) is 193 cm³/mol. The Morgan fingerprint density at radius 2 is 1.23 bits per heavy atom. The maximum Gasteiger partial charge on any atom is 0.0544 e. The number of nitrogens with zero attached hydrogens (tertiary/aromatic N) is 1. The molecular weight excluding hydrogens is 551 g/mol. The Hall–Kier alpha value is -4.66. The summed E-state index contributed by atoms with van der Waals surface area (Å²) in [7, 11) is 0. The van der Waals surface area contributed by atoms with Crippen LogP contribution in [0.4, 0.5) is 0 Å². The van der Waals surface area contributed by atoms with E-state index >= 15 is 0 Å². The van der Waals surface area contributed by atoms with E-state index in [0.717, 1.165) is 0 Å². The van der Waals surface area contributed by atoms with Gasteiger partial charge in [-0.3, -0.25) is 0 Å². The SMILES string of the molecule is CC(C)c1ccc2c(c1)c1c(C(C)C)cccc1n2-c1ccccc1-c1ccc(-c2ccc3sc4ccccc4c3c2)cc1. The number of benzene rings is 6. The molecule has 0 aliphatic carbocycles. The first-order valence-electron chi connectivity index (χ1n) is 15.7. The molecule has 0 spiro atoms. The highest BCUT2D eigenvalue weighted by Crippen LogP contribution is 2.41. The van der Waals surface area contributed by atoms with Crippen molar-refractivity contribution < 1.29 is 0 Å². The summed E-state index contributed by atoms with van der Waals surface area (Å²) in [5.41, 5.74) is 11.5. The molecule has 0 N–H and O–H groups in total. The van der Waals surface area contributed by atoms with Gasteiger partial charge in [-0.05, 0) is 82.1 Å². The maximum atomic E-state index is 2.49. The lowest BCUT2D eigenvalue weighted by atomic mass is 9.95.